The Hall–Kier alpha value is -2.79. The average molecular weight is 358 g/mol. The van der Waals surface area contributed by atoms with Crippen LogP contribution in [0.1, 0.15) is 15.9 Å². The summed E-state index contributed by atoms with van der Waals surface area (Å²) in [4.78, 5) is 27.0. The number of aryl methyl sites for hydroxylation is 1. The number of ether oxygens (including phenoxy) is 2. The zero-order chi connectivity index (χ0) is 17.8. The summed E-state index contributed by atoms with van der Waals surface area (Å²) in [6.07, 6.45) is 1.62. The van der Waals surface area contributed by atoms with Crippen LogP contribution in [0.4, 0.5) is 0 Å². The molecular formula is C19H16ClNO4. The fraction of sp³-hybridized carbons (Fsp3) is 0.158. The van der Waals surface area contributed by atoms with Crippen LogP contribution >= 0.6 is 11.6 Å². The molecule has 6 heteroatoms. The van der Waals surface area contributed by atoms with Crippen molar-refractivity contribution in [1.82, 2.24) is 4.98 Å². The van der Waals surface area contributed by atoms with Gasteiger partial charge in [-0.3, -0.25) is 4.79 Å². The third-order valence-corrected chi connectivity index (χ3v) is 4.16. The molecule has 25 heavy (non-hydrogen) atoms. The fourth-order valence-corrected chi connectivity index (χ4v) is 2.53. The lowest BCUT2D eigenvalue weighted by molar-refractivity contribution is -0.144. The number of aromatic amines is 1. The number of fused-ring (bicyclic) bond motifs is 1. The van der Waals surface area contributed by atoms with Gasteiger partial charge in [0.15, 0.2) is 13.2 Å². The van der Waals surface area contributed by atoms with E-state index in [2.05, 4.69) is 4.98 Å². The number of hydrogen-bond donors (Lipinski definition) is 1. The van der Waals surface area contributed by atoms with E-state index in [9.17, 15) is 9.59 Å². The molecule has 0 aliphatic carbocycles. The molecule has 0 unspecified atom stereocenters. The van der Waals surface area contributed by atoms with Gasteiger partial charge in [-0.15, -0.1) is 0 Å². The van der Waals surface area contributed by atoms with Crippen LogP contribution < -0.4 is 4.74 Å². The van der Waals surface area contributed by atoms with Gasteiger partial charge in [0.2, 0.25) is 5.78 Å². The van der Waals surface area contributed by atoms with Gasteiger partial charge in [0.05, 0.1) is 0 Å². The molecule has 3 aromatic rings. The second-order valence-corrected chi connectivity index (χ2v) is 5.94. The quantitative estimate of drug-likeness (QED) is 0.536. The van der Waals surface area contributed by atoms with Gasteiger partial charge >= 0.3 is 5.97 Å². The van der Waals surface area contributed by atoms with Crippen molar-refractivity contribution >= 4 is 34.3 Å². The van der Waals surface area contributed by atoms with Crippen LogP contribution in [0, 0.1) is 6.92 Å². The average Bonchev–Trinajstić information content (AvgIpc) is 3.05. The van der Waals surface area contributed by atoms with E-state index in [0.29, 0.717) is 16.3 Å². The summed E-state index contributed by atoms with van der Waals surface area (Å²) in [6, 6.07) is 12.5. The number of halogens is 1. The molecule has 0 saturated heterocycles. The maximum atomic E-state index is 12.2. The van der Waals surface area contributed by atoms with Gasteiger partial charge in [0.1, 0.15) is 5.75 Å². The van der Waals surface area contributed by atoms with Crippen LogP contribution in [0.3, 0.4) is 0 Å². The lowest BCUT2D eigenvalue weighted by atomic mass is 10.1. The van der Waals surface area contributed by atoms with Crippen molar-refractivity contribution in [2.75, 3.05) is 13.2 Å². The highest BCUT2D eigenvalue weighted by molar-refractivity contribution is 6.31. The molecule has 0 spiro atoms. The second kappa shape index (κ2) is 7.40. The van der Waals surface area contributed by atoms with E-state index >= 15 is 0 Å². The maximum Gasteiger partial charge on any atom is 0.344 e. The largest absolute Gasteiger partial charge is 0.482 e. The van der Waals surface area contributed by atoms with Crippen molar-refractivity contribution < 1.29 is 19.1 Å². The van der Waals surface area contributed by atoms with Crippen LogP contribution in [-0.2, 0) is 9.53 Å². The van der Waals surface area contributed by atoms with Crippen molar-refractivity contribution in [3.8, 4) is 5.75 Å². The fourth-order valence-electron chi connectivity index (χ4n) is 2.42. The highest BCUT2D eigenvalue weighted by Gasteiger charge is 2.14. The molecule has 2 aromatic carbocycles. The van der Waals surface area contributed by atoms with Crippen molar-refractivity contribution in [3.63, 3.8) is 0 Å². The smallest absolute Gasteiger partial charge is 0.344 e. The molecule has 3 rings (SSSR count). The van der Waals surface area contributed by atoms with Crippen molar-refractivity contribution in [2.45, 2.75) is 6.92 Å². The molecule has 128 valence electrons. The molecule has 5 nitrogen and oxygen atoms in total. The molecule has 1 heterocycles. The van der Waals surface area contributed by atoms with E-state index in [0.717, 1.165) is 16.5 Å². The van der Waals surface area contributed by atoms with Gasteiger partial charge in [-0.1, -0.05) is 29.8 Å². The lowest BCUT2D eigenvalue weighted by Crippen LogP contribution is -2.19. The summed E-state index contributed by atoms with van der Waals surface area (Å²) in [6.45, 7) is 1.24. The van der Waals surface area contributed by atoms with Gasteiger partial charge in [-0.2, -0.15) is 0 Å². The number of carbonyl (C=O) groups excluding carboxylic acids is 2. The first-order valence-electron chi connectivity index (χ1n) is 7.68. The Balaban J connectivity index is 1.53. The molecule has 1 aromatic heterocycles. The Morgan fingerprint density at radius 2 is 1.92 bits per heavy atom. The Kier molecular flexibility index (Phi) is 5.05. The molecular weight excluding hydrogens is 342 g/mol. The predicted molar refractivity (Wildman–Crippen MR) is 95.3 cm³/mol. The molecule has 0 saturated carbocycles. The monoisotopic (exact) mass is 357 g/mol. The summed E-state index contributed by atoms with van der Waals surface area (Å²) in [5.74, 6) is -0.365. The van der Waals surface area contributed by atoms with Gasteiger partial charge in [-0.05, 0) is 36.8 Å². The lowest BCUT2D eigenvalue weighted by Gasteiger charge is -2.08. The number of para-hydroxylation sites is 1. The number of ketones is 1. The first kappa shape index (κ1) is 17.0. The second-order valence-electron chi connectivity index (χ2n) is 5.53. The molecule has 0 bridgehead atoms. The Labute approximate surface area is 149 Å². The number of aromatic nitrogens is 1. The number of esters is 1. The van der Waals surface area contributed by atoms with Crippen molar-refractivity contribution in [1.29, 1.82) is 0 Å². The van der Waals surface area contributed by atoms with E-state index < -0.39 is 5.97 Å². The number of Topliss-reactive ketones (excluding diaryl/α,β-unsaturated/α-hetero) is 1. The zero-order valence-electron chi connectivity index (χ0n) is 13.5. The molecule has 0 atom stereocenters. The minimum Gasteiger partial charge on any atom is -0.482 e. The summed E-state index contributed by atoms with van der Waals surface area (Å²) in [7, 11) is 0. The number of nitrogens with one attached hydrogen (secondary N) is 1. The Morgan fingerprint density at radius 1 is 1.12 bits per heavy atom. The standard InChI is InChI=1S/C19H16ClNO4/c1-12-8-13(6-7-16(12)20)24-11-19(23)25-10-18(22)15-9-21-17-5-3-2-4-14(15)17/h2-9,21H,10-11H2,1H3. The number of carbonyl (C=O) groups is 2. The number of rotatable bonds is 6. The topological polar surface area (TPSA) is 68.4 Å². The van der Waals surface area contributed by atoms with Gasteiger partial charge < -0.3 is 14.5 Å². The third kappa shape index (κ3) is 4.00. The van der Waals surface area contributed by atoms with Gasteiger partial charge in [0, 0.05) is 27.7 Å². The summed E-state index contributed by atoms with van der Waals surface area (Å²) in [5, 5.41) is 1.43. The number of H-pyrrole nitrogens is 1. The normalized spacial score (nSPS) is 10.6. The molecule has 0 radical (unpaired) electrons. The van der Waals surface area contributed by atoms with Crippen molar-refractivity contribution in [3.05, 3.63) is 64.8 Å². The number of benzene rings is 2. The SMILES string of the molecule is Cc1cc(OCC(=O)OCC(=O)c2c[nH]c3ccccc23)ccc1Cl. The molecule has 1 N–H and O–H groups in total. The van der Waals surface area contributed by atoms with Crippen LogP contribution in [0.2, 0.25) is 5.02 Å². The third-order valence-electron chi connectivity index (χ3n) is 3.74. The van der Waals surface area contributed by atoms with E-state index in [1.165, 1.54) is 0 Å². The van der Waals surface area contributed by atoms with E-state index in [1.807, 2.05) is 31.2 Å². The zero-order valence-corrected chi connectivity index (χ0v) is 14.3. The molecule has 0 aliphatic heterocycles. The molecule has 0 aliphatic rings. The van der Waals surface area contributed by atoms with Crippen LogP contribution in [-0.4, -0.2) is 30.0 Å². The highest BCUT2D eigenvalue weighted by Crippen LogP contribution is 2.21. The summed E-state index contributed by atoms with van der Waals surface area (Å²) < 4.78 is 10.3. The predicted octanol–water partition coefficient (Wildman–Crippen LogP) is 3.93. The summed E-state index contributed by atoms with van der Waals surface area (Å²) in [5.41, 5.74) is 2.21. The van der Waals surface area contributed by atoms with Crippen LogP contribution in [0.15, 0.2) is 48.7 Å². The Morgan fingerprint density at radius 3 is 2.72 bits per heavy atom. The van der Waals surface area contributed by atoms with Gasteiger partial charge in [-0.25, -0.2) is 4.79 Å². The minimum atomic E-state index is -0.610. The summed E-state index contributed by atoms with van der Waals surface area (Å²) >= 11 is 5.93. The van der Waals surface area contributed by atoms with E-state index in [1.54, 1.807) is 24.4 Å². The Bertz CT molecular complexity index is 932. The highest BCUT2D eigenvalue weighted by atomic mass is 35.5. The number of hydrogen-bond acceptors (Lipinski definition) is 4. The van der Waals surface area contributed by atoms with Gasteiger partial charge in [0.25, 0.3) is 0 Å². The minimum absolute atomic E-state index is 0.270. The molecule has 0 fully saturated rings. The molecule has 0 amide bonds. The van der Waals surface area contributed by atoms with Crippen LogP contribution in [0.5, 0.6) is 5.75 Å². The maximum absolute atomic E-state index is 12.2. The first-order valence-corrected chi connectivity index (χ1v) is 8.06. The van der Waals surface area contributed by atoms with E-state index in [-0.39, 0.29) is 19.0 Å². The van der Waals surface area contributed by atoms with Crippen LogP contribution in [0.25, 0.3) is 10.9 Å². The first-order chi connectivity index (χ1) is 12.0. The van der Waals surface area contributed by atoms with E-state index in [4.69, 9.17) is 21.1 Å². The van der Waals surface area contributed by atoms with Crippen molar-refractivity contribution in [2.24, 2.45) is 0 Å².